The van der Waals surface area contributed by atoms with Crippen molar-refractivity contribution in [2.45, 2.75) is 58.6 Å². The molecule has 0 aliphatic carbocycles. The summed E-state index contributed by atoms with van der Waals surface area (Å²) in [7, 11) is 1.64. The number of benzene rings is 2. The predicted molar refractivity (Wildman–Crippen MR) is 109 cm³/mol. The fraction of sp³-hybridized carbons (Fsp3) is 0.435. The Balaban J connectivity index is 1.98. The molecule has 4 heteroatoms. The normalized spacial score (nSPS) is 13.6. The Kier molecular flexibility index (Phi) is 6.89. The van der Waals surface area contributed by atoms with Crippen LogP contribution in [0.1, 0.15) is 58.2 Å². The Labute approximate surface area is 162 Å². The van der Waals surface area contributed by atoms with Crippen LogP contribution in [0.15, 0.2) is 48.5 Å². The third-order valence-corrected chi connectivity index (χ3v) is 4.65. The molecule has 2 rings (SSSR count). The molecule has 2 atom stereocenters. The van der Waals surface area contributed by atoms with Crippen molar-refractivity contribution >= 4 is 5.91 Å². The number of amides is 1. The van der Waals surface area contributed by atoms with Crippen molar-refractivity contribution in [3.8, 4) is 11.5 Å². The van der Waals surface area contributed by atoms with Gasteiger partial charge in [0.15, 0.2) is 6.10 Å². The monoisotopic (exact) mass is 369 g/mol. The lowest BCUT2D eigenvalue weighted by Gasteiger charge is -2.22. The van der Waals surface area contributed by atoms with Gasteiger partial charge in [-0.3, -0.25) is 4.79 Å². The van der Waals surface area contributed by atoms with Crippen LogP contribution in [0.5, 0.6) is 11.5 Å². The van der Waals surface area contributed by atoms with E-state index in [0.717, 1.165) is 17.7 Å². The first-order chi connectivity index (χ1) is 12.7. The van der Waals surface area contributed by atoms with Crippen molar-refractivity contribution in [1.82, 2.24) is 5.32 Å². The summed E-state index contributed by atoms with van der Waals surface area (Å²) in [6.07, 6.45) is 0.225. The minimum atomic E-state index is -0.571. The second-order valence-corrected chi connectivity index (χ2v) is 7.78. The van der Waals surface area contributed by atoms with Gasteiger partial charge in [0.05, 0.1) is 13.2 Å². The van der Waals surface area contributed by atoms with Crippen molar-refractivity contribution in [3.63, 3.8) is 0 Å². The van der Waals surface area contributed by atoms with Crippen LogP contribution in [-0.4, -0.2) is 19.1 Å². The molecule has 2 aromatic carbocycles. The highest BCUT2D eigenvalue weighted by molar-refractivity contribution is 5.81. The van der Waals surface area contributed by atoms with Gasteiger partial charge in [-0.15, -0.1) is 0 Å². The van der Waals surface area contributed by atoms with E-state index in [-0.39, 0.29) is 17.4 Å². The average molecular weight is 370 g/mol. The first-order valence-corrected chi connectivity index (χ1v) is 9.46. The summed E-state index contributed by atoms with van der Waals surface area (Å²) < 4.78 is 11.0. The van der Waals surface area contributed by atoms with Crippen LogP contribution in [0.4, 0.5) is 0 Å². The second-order valence-electron chi connectivity index (χ2n) is 7.78. The molecule has 0 fully saturated rings. The van der Waals surface area contributed by atoms with Crippen LogP contribution in [-0.2, 0) is 10.2 Å². The van der Waals surface area contributed by atoms with Gasteiger partial charge in [0, 0.05) is 0 Å². The zero-order valence-electron chi connectivity index (χ0n) is 17.2. The van der Waals surface area contributed by atoms with E-state index in [1.54, 1.807) is 14.0 Å². The largest absolute Gasteiger partial charge is 0.497 e. The molecule has 0 aliphatic rings. The van der Waals surface area contributed by atoms with Crippen molar-refractivity contribution in [1.29, 1.82) is 0 Å². The summed E-state index contributed by atoms with van der Waals surface area (Å²) in [6.45, 7) is 10.3. The molecule has 146 valence electrons. The molecule has 27 heavy (non-hydrogen) atoms. The predicted octanol–water partition coefficient (Wildman–Crippen LogP) is 5.03. The molecule has 0 saturated carbocycles. The lowest BCUT2D eigenvalue weighted by Crippen LogP contribution is -2.38. The Morgan fingerprint density at radius 1 is 1.00 bits per heavy atom. The van der Waals surface area contributed by atoms with Gasteiger partial charge in [0.2, 0.25) is 0 Å². The zero-order chi connectivity index (χ0) is 20.0. The first-order valence-electron chi connectivity index (χ1n) is 9.46. The fourth-order valence-electron chi connectivity index (χ4n) is 2.84. The molecule has 2 unspecified atom stereocenters. The molecule has 0 aromatic heterocycles. The van der Waals surface area contributed by atoms with Gasteiger partial charge in [-0.25, -0.2) is 0 Å². The number of hydrogen-bond acceptors (Lipinski definition) is 3. The maximum absolute atomic E-state index is 12.6. The molecular formula is C23H31NO3. The number of hydrogen-bond donors (Lipinski definition) is 1. The van der Waals surface area contributed by atoms with Gasteiger partial charge in [0.25, 0.3) is 5.91 Å². The van der Waals surface area contributed by atoms with Crippen LogP contribution in [0.3, 0.4) is 0 Å². The highest BCUT2D eigenvalue weighted by atomic mass is 16.5. The Hall–Kier alpha value is -2.49. The Morgan fingerprint density at radius 2 is 1.56 bits per heavy atom. The summed E-state index contributed by atoms with van der Waals surface area (Å²) >= 11 is 0. The van der Waals surface area contributed by atoms with Crippen LogP contribution in [0, 0.1) is 0 Å². The summed E-state index contributed by atoms with van der Waals surface area (Å²) in [5.74, 6) is 1.37. The van der Waals surface area contributed by atoms with E-state index in [9.17, 15) is 4.79 Å². The molecule has 0 saturated heterocycles. The van der Waals surface area contributed by atoms with E-state index < -0.39 is 6.10 Å². The molecule has 2 aromatic rings. The number of methoxy groups -OCH3 is 1. The zero-order valence-corrected chi connectivity index (χ0v) is 17.2. The van der Waals surface area contributed by atoms with E-state index in [0.29, 0.717) is 5.75 Å². The first kappa shape index (κ1) is 20.8. The third kappa shape index (κ3) is 5.75. The van der Waals surface area contributed by atoms with Crippen LogP contribution in [0.2, 0.25) is 0 Å². The van der Waals surface area contributed by atoms with Gasteiger partial charge in [-0.1, -0.05) is 52.0 Å². The third-order valence-electron chi connectivity index (χ3n) is 4.65. The van der Waals surface area contributed by atoms with Crippen molar-refractivity contribution < 1.29 is 14.3 Å². The lowest BCUT2D eigenvalue weighted by molar-refractivity contribution is -0.128. The number of carbonyl (C=O) groups is 1. The van der Waals surface area contributed by atoms with E-state index in [4.69, 9.17) is 9.47 Å². The van der Waals surface area contributed by atoms with Crippen molar-refractivity contribution in [3.05, 3.63) is 59.7 Å². The van der Waals surface area contributed by atoms with Gasteiger partial charge < -0.3 is 14.8 Å². The Bertz CT molecular complexity index is 730. The molecule has 1 amide bonds. The van der Waals surface area contributed by atoms with Gasteiger partial charge in [-0.2, -0.15) is 0 Å². The van der Waals surface area contributed by atoms with Crippen LogP contribution < -0.4 is 14.8 Å². The van der Waals surface area contributed by atoms with Gasteiger partial charge in [-0.05, 0) is 54.2 Å². The summed E-state index contributed by atoms with van der Waals surface area (Å²) in [6, 6.07) is 15.6. The number of rotatable bonds is 7. The number of carbonyl (C=O) groups excluding carboxylic acids is 1. The highest BCUT2D eigenvalue weighted by Crippen LogP contribution is 2.25. The second kappa shape index (κ2) is 8.94. The maximum Gasteiger partial charge on any atom is 0.261 e. The average Bonchev–Trinajstić information content (AvgIpc) is 2.65. The molecule has 0 aliphatic heterocycles. The molecular weight excluding hydrogens is 338 g/mol. The summed E-state index contributed by atoms with van der Waals surface area (Å²) in [5, 5.41) is 3.07. The topological polar surface area (TPSA) is 47.6 Å². The molecule has 1 N–H and O–H groups in total. The van der Waals surface area contributed by atoms with Gasteiger partial charge in [0.1, 0.15) is 11.5 Å². The quantitative estimate of drug-likeness (QED) is 0.745. The summed E-state index contributed by atoms with van der Waals surface area (Å²) in [5.41, 5.74) is 2.37. The standard InChI is InChI=1S/C23H31NO3/c1-7-21(17-8-12-19(26-6)13-9-17)24-22(25)16(2)27-20-14-10-18(11-15-20)23(3,4)5/h8-16,21H,7H2,1-6H3,(H,24,25). The minimum Gasteiger partial charge on any atom is -0.497 e. The van der Waals surface area contributed by atoms with E-state index in [1.807, 2.05) is 55.5 Å². The lowest BCUT2D eigenvalue weighted by atomic mass is 9.87. The van der Waals surface area contributed by atoms with Gasteiger partial charge >= 0.3 is 0 Å². The highest BCUT2D eigenvalue weighted by Gasteiger charge is 2.20. The smallest absolute Gasteiger partial charge is 0.261 e. The number of nitrogens with one attached hydrogen (secondary N) is 1. The SMILES string of the molecule is CCC(NC(=O)C(C)Oc1ccc(C(C)(C)C)cc1)c1ccc(OC)cc1. The molecule has 0 bridgehead atoms. The molecule has 4 nitrogen and oxygen atoms in total. The van der Waals surface area contributed by atoms with Crippen LogP contribution >= 0.6 is 0 Å². The molecule has 0 radical (unpaired) electrons. The van der Waals surface area contributed by atoms with Crippen molar-refractivity contribution in [2.75, 3.05) is 7.11 Å². The fourth-order valence-corrected chi connectivity index (χ4v) is 2.84. The van der Waals surface area contributed by atoms with E-state index >= 15 is 0 Å². The van der Waals surface area contributed by atoms with E-state index in [2.05, 4.69) is 26.1 Å². The molecule has 0 heterocycles. The van der Waals surface area contributed by atoms with Crippen molar-refractivity contribution in [2.24, 2.45) is 0 Å². The Morgan fingerprint density at radius 3 is 2.04 bits per heavy atom. The minimum absolute atomic E-state index is 0.0577. The maximum atomic E-state index is 12.6. The molecule has 0 spiro atoms. The number of ether oxygens (including phenoxy) is 2. The van der Waals surface area contributed by atoms with Crippen LogP contribution in [0.25, 0.3) is 0 Å². The summed E-state index contributed by atoms with van der Waals surface area (Å²) in [4.78, 5) is 12.6. The van der Waals surface area contributed by atoms with E-state index in [1.165, 1.54) is 5.56 Å².